The number of benzene rings is 1. The zero-order valence-electron chi connectivity index (χ0n) is 10.4. The Kier molecular flexibility index (Phi) is 3.82. The van der Waals surface area contributed by atoms with E-state index in [1.807, 2.05) is 0 Å². The molecule has 19 heavy (non-hydrogen) atoms. The number of aromatic nitrogens is 1. The first-order chi connectivity index (χ1) is 9.00. The molecule has 0 aliphatic heterocycles. The number of rotatable bonds is 4. The van der Waals surface area contributed by atoms with Gasteiger partial charge in [0, 0.05) is 18.4 Å². The van der Waals surface area contributed by atoms with Gasteiger partial charge in [-0.2, -0.15) is 0 Å². The number of nitrogens with two attached hydrogens (primary N) is 1. The van der Waals surface area contributed by atoms with Crippen LogP contribution >= 0.6 is 0 Å². The van der Waals surface area contributed by atoms with E-state index in [1.54, 1.807) is 49.6 Å². The van der Waals surface area contributed by atoms with Gasteiger partial charge in [0.2, 0.25) is 10.0 Å². The van der Waals surface area contributed by atoms with Crippen molar-refractivity contribution < 1.29 is 8.42 Å². The predicted molar refractivity (Wildman–Crippen MR) is 73.8 cm³/mol. The molecule has 1 atom stereocenters. The summed E-state index contributed by atoms with van der Waals surface area (Å²) in [5.74, 6) is 0. The standard InChI is InChI=1S/C13H15N3O2S/c1-10(11-6-8-15-9-7-11)16-19(17,18)13-5-3-2-4-12(13)14/h2-10,16H,14H2,1H3. The molecule has 0 saturated heterocycles. The maximum atomic E-state index is 12.2. The van der Waals surface area contributed by atoms with Crippen molar-refractivity contribution in [3.63, 3.8) is 0 Å². The van der Waals surface area contributed by atoms with Crippen molar-refractivity contribution in [1.29, 1.82) is 0 Å². The van der Waals surface area contributed by atoms with Crippen LogP contribution in [0, 0.1) is 0 Å². The van der Waals surface area contributed by atoms with Gasteiger partial charge >= 0.3 is 0 Å². The number of hydrogen-bond acceptors (Lipinski definition) is 4. The van der Waals surface area contributed by atoms with Crippen LogP contribution < -0.4 is 10.5 Å². The third kappa shape index (κ3) is 3.10. The van der Waals surface area contributed by atoms with Crippen LogP contribution in [0.3, 0.4) is 0 Å². The van der Waals surface area contributed by atoms with Crippen LogP contribution in [-0.4, -0.2) is 13.4 Å². The first kappa shape index (κ1) is 13.5. The van der Waals surface area contributed by atoms with Gasteiger partial charge in [0.1, 0.15) is 4.90 Å². The van der Waals surface area contributed by atoms with E-state index in [9.17, 15) is 8.42 Å². The molecule has 3 N–H and O–H groups in total. The fourth-order valence-electron chi connectivity index (χ4n) is 1.74. The van der Waals surface area contributed by atoms with E-state index >= 15 is 0 Å². The lowest BCUT2D eigenvalue weighted by Crippen LogP contribution is -2.27. The SMILES string of the molecule is CC(NS(=O)(=O)c1ccccc1N)c1ccncc1. The van der Waals surface area contributed by atoms with E-state index < -0.39 is 10.0 Å². The minimum Gasteiger partial charge on any atom is -0.398 e. The van der Waals surface area contributed by atoms with Crippen LogP contribution in [0.2, 0.25) is 0 Å². The van der Waals surface area contributed by atoms with Crippen LogP contribution in [0.4, 0.5) is 5.69 Å². The molecular weight excluding hydrogens is 262 g/mol. The number of pyridine rings is 1. The molecule has 6 heteroatoms. The molecule has 0 spiro atoms. The number of sulfonamides is 1. The Morgan fingerprint density at radius 1 is 1.16 bits per heavy atom. The van der Waals surface area contributed by atoms with Crippen molar-refractivity contribution in [2.24, 2.45) is 0 Å². The minimum absolute atomic E-state index is 0.0934. The molecule has 2 rings (SSSR count). The van der Waals surface area contributed by atoms with Crippen LogP contribution in [-0.2, 0) is 10.0 Å². The number of para-hydroxylation sites is 1. The predicted octanol–water partition coefficient (Wildman–Crippen LogP) is 1.70. The van der Waals surface area contributed by atoms with Gasteiger partial charge in [-0.3, -0.25) is 4.98 Å². The zero-order chi connectivity index (χ0) is 13.9. The van der Waals surface area contributed by atoms with Crippen molar-refractivity contribution in [3.05, 3.63) is 54.4 Å². The normalized spacial score (nSPS) is 13.1. The third-order valence-electron chi connectivity index (χ3n) is 2.75. The molecule has 0 fully saturated rings. The van der Waals surface area contributed by atoms with E-state index in [1.165, 1.54) is 6.07 Å². The second kappa shape index (κ2) is 5.38. The fourth-order valence-corrected chi connectivity index (χ4v) is 3.11. The molecule has 1 unspecified atom stereocenters. The molecule has 1 aromatic heterocycles. The Balaban J connectivity index is 2.26. The van der Waals surface area contributed by atoms with Gasteiger partial charge in [-0.05, 0) is 36.8 Å². The quantitative estimate of drug-likeness (QED) is 0.833. The Morgan fingerprint density at radius 2 is 1.79 bits per heavy atom. The average molecular weight is 277 g/mol. The Hall–Kier alpha value is -1.92. The second-order valence-electron chi connectivity index (χ2n) is 4.16. The highest BCUT2D eigenvalue weighted by Crippen LogP contribution is 2.20. The van der Waals surface area contributed by atoms with Gasteiger partial charge in [-0.15, -0.1) is 0 Å². The van der Waals surface area contributed by atoms with E-state index in [0.29, 0.717) is 0 Å². The van der Waals surface area contributed by atoms with E-state index in [2.05, 4.69) is 9.71 Å². The summed E-state index contributed by atoms with van der Waals surface area (Å²) in [6.07, 6.45) is 3.24. The summed E-state index contributed by atoms with van der Waals surface area (Å²) in [5.41, 5.74) is 6.77. The van der Waals surface area contributed by atoms with Gasteiger partial charge < -0.3 is 5.73 Å². The Bertz CT molecular complexity index is 657. The number of nitrogens with one attached hydrogen (secondary N) is 1. The number of anilines is 1. The summed E-state index contributed by atoms with van der Waals surface area (Å²) in [5, 5.41) is 0. The molecular formula is C13H15N3O2S. The fraction of sp³-hybridized carbons (Fsp3) is 0.154. The van der Waals surface area contributed by atoms with Crippen LogP contribution in [0.25, 0.3) is 0 Å². The van der Waals surface area contributed by atoms with Gasteiger partial charge in [-0.25, -0.2) is 13.1 Å². The number of nitrogen functional groups attached to an aromatic ring is 1. The number of hydrogen-bond donors (Lipinski definition) is 2. The van der Waals surface area contributed by atoms with E-state index in [-0.39, 0.29) is 16.6 Å². The average Bonchev–Trinajstić information content (AvgIpc) is 2.39. The topological polar surface area (TPSA) is 85.1 Å². The molecule has 0 aliphatic carbocycles. The van der Waals surface area contributed by atoms with Crippen molar-refractivity contribution >= 4 is 15.7 Å². The zero-order valence-corrected chi connectivity index (χ0v) is 11.3. The summed E-state index contributed by atoms with van der Waals surface area (Å²) in [6, 6.07) is 9.56. The van der Waals surface area contributed by atoms with Crippen LogP contribution in [0.5, 0.6) is 0 Å². The molecule has 0 aliphatic rings. The Morgan fingerprint density at radius 3 is 2.42 bits per heavy atom. The molecule has 0 amide bonds. The second-order valence-corrected chi connectivity index (χ2v) is 5.84. The molecule has 0 bridgehead atoms. The van der Waals surface area contributed by atoms with Crippen LogP contribution in [0.15, 0.2) is 53.7 Å². The highest BCUT2D eigenvalue weighted by atomic mass is 32.2. The Labute approximate surface area is 112 Å². The maximum absolute atomic E-state index is 12.2. The monoisotopic (exact) mass is 277 g/mol. The highest BCUT2D eigenvalue weighted by molar-refractivity contribution is 7.89. The molecule has 5 nitrogen and oxygen atoms in total. The molecule has 0 radical (unpaired) electrons. The van der Waals surface area contributed by atoms with Gasteiger partial charge in [-0.1, -0.05) is 12.1 Å². The largest absolute Gasteiger partial charge is 0.398 e. The van der Waals surface area contributed by atoms with Crippen molar-refractivity contribution in [3.8, 4) is 0 Å². The summed E-state index contributed by atoms with van der Waals surface area (Å²) < 4.78 is 27.1. The molecule has 0 saturated carbocycles. The van der Waals surface area contributed by atoms with Crippen LogP contribution in [0.1, 0.15) is 18.5 Å². The lowest BCUT2D eigenvalue weighted by Gasteiger charge is -2.15. The lowest BCUT2D eigenvalue weighted by atomic mass is 10.1. The first-order valence-corrected chi connectivity index (χ1v) is 7.26. The van der Waals surface area contributed by atoms with Gasteiger partial charge in [0.05, 0.1) is 5.69 Å². The first-order valence-electron chi connectivity index (χ1n) is 5.77. The summed E-state index contributed by atoms with van der Waals surface area (Å²) >= 11 is 0. The summed E-state index contributed by atoms with van der Waals surface area (Å²) in [6.45, 7) is 1.77. The molecule has 1 aromatic carbocycles. The highest BCUT2D eigenvalue weighted by Gasteiger charge is 2.20. The lowest BCUT2D eigenvalue weighted by molar-refractivity contribution is 0.567. The molecule has 1 heterocycles. The van der Waals surface area contributed by atoms with Crippen molar-refractivity contribution in [2.45, 2.75) is 17.9 Å². The number of nitrogens with zero attached hydrogens (tertiary/aromatic N) is 1. The van der Waals surface area contributed by atoms with Crippen molar-refractivity contribution in [1.82, 2.24) is 9.71 Å². The van der Waals surface area contributed by atoms with Gasteiger partial charge in [0.25, 0.3) is 0 Å². The van der Waals surface area contributed by atoms with Crippen molar-refractivity contribution in [2.75, 3.05) is 5.73 Å². The smallest absolute Gasteiger partial charge is 0.243 e. The maximum Gasteiger partial charge on any atom is 0.243 e. The van der Waals surface area contributed by atoms with Gasteiger partial charge in [0.15, 0.2) is 0 Å². The third-order valence-corrected chi connectivity index (χ3v) is 4.36. The van der Waals surface area contributed by atoms with E-state index in [4.69, 9.17) is 5.73 Å². The molecule has 100 valence electrons. The molecule has 2 aromatic rings. The summed E-state index contributed by atoms with van der Waals surface area (Å²) in [7, 11) is -3.63. The van der Waals surface area contributed by atoms with E-state index in [0.717, 1.165) is 5.56 Å². The minimum atomic E-state index is -3.63. The summed E-state index contributed by atoms with van der Waals surface area (Å²) in [4.78, 5) is 3.99.